The molecule has 0 fully saturated rings. The SMILES string of the molecule is C=CC[C@@H](O)CC[C@@H](/C=C/C(=O)O[C@H](CC=C)CC[C@@H](/C=C/C(=O)O)OCc1ccc(OC)cc1)OCc1ccc(OC)cc1. The van der Waals surface area contributed by atoms with Crippen molar-refractivity contribution in [1.29, 1.82) is 0 Å². The van der Waals surface area contributed by atoms with Crippen molar-refractivity contribution in [1.82, 2.24) is 0 Å². The zero-order valence-corrected chi connectivity index (χ0v) is 26.2. The number of carboxylic acid groups (broad SMARTS) is 1. The maximum atomic E-state index is 12.8. The number of ether oxygens (including phenoxy) is 5. The lowest BCUT2D eigenvalue weighted by Crippen LogP contribution is -2.20. The van der Waals surface area contributed by atoms with Gasteiger partial charge in [-0.05, 0) is 79.6 Å². The van der Waals surface area contributed by atoms with Crippen molar-refractivity contribution in [2.75, 3.05) is 14.2 Å². The molecule has 0 saturated heterocycles. The van der Waals surface area contributed by atoms with Crippen LogP contribution >= 0.6 is 0 Å². The third-order valence-corrected chi connectivity index (χ3v) is 6.86. The number of carboxylic acids is 1. The number of aliphatic carboxylic acids is 1. The summed E-state index contributed by atoms with van der Waals surface area (Å²) in [5.41, 5.74) is 1.85. The lowest BCUT2D eigenvalue weighted by molar-refractivity contribution is -0.143. The largest absolute Gasteiger partial charge is 0.497 e. The Morgan fingerprint density at radius 2 is 1.22 bits per heavy atom. The summed E-state index contributed by atoms with van der Waals surface area (Å²) in [6.45, 7) is 8.03. The highest BCUT2D eigenvalue weighted by atomic mass is 16.5. The number of methoxy groups -OCH3 is 2. The van der Waals surface area contributed by atoms with Gasteiger partial charge in [0.15, 0.2) is 0 Å². The zero-order chi connectivity index (χ0) is 32.9. The van der Waals surface area contributed by atoms with Crippen molar-refractivity contribution in [3.05, 3.63) is 109 Å². The van der Waals surface area contributed by atoms with Gasteiger partial charge >= 0.3 is 11.9 Å². The Labute approximate surface area is 266 Å². The van der Waals surface area contributed by atoms with Crippen LogP contribution in [0, 0.1) is 0 Å². The van der Waals surface area contributed by atoms with Gasteiger partial charge in [-0.15, -0.1) is 13.2 Å². The van der Waals surface area contributed by atoms with E-state index in [4.69, 9.17) is 28.8 Å². The number of carbonyl (C=O) groups excluding carboxylic acids is 1. The standard InChI is InChI=1S/C36H46O9/c1-5-7-29(37)13-18-32(43-25-27-9-14-30(41-3)15-10-27)22-24-36(40)45-34(8-6-2)20-19-33(21-23-35(38)39)44-26-28-11-16-31(42-4)17-12-28/h5-6,9-12,14-17,21-24,29,32-34,37H,1-2,7-8,13,18-20,25-26H2,3-4H3,(H,38,39)/b23-21+,24-22+/t29-,32+,33+,34-/m1/s1. The van der Waals surface area contributed by atoms with Crippen molar-refractivity contribution in [3.63, 3.8) is 0 Å². The van der Waals surface area contributed by atoms with E-state index in [1.165, 1.54) is 12.2 Å². The average molecular weight is 623 g/mol. The summed E-state index contributed by atoms with van der Waals surface area (Å²) < 4.78 is 28.2. The van der Waals surface area contributed by atoms with Crippen molar-refractivity contribution in [3.8, 4) is 11.5 Å². The van der Waals surface area contributed by atoms with Gasteiger partial charge in [0.2, 0.25) is 0 Å². The summed E-state index contributed by atoms with van der Waals surface area (Å²) in [7, 11) is 3.19. The molecule has 0 spiro atoms. The third kappa shape index (κ3) is 15.9. The Balaban J connectivity index is 2.00. The van der Waals surface area contributed by atoms with Crippen LogP contribution in [0.25, 0.3) is 0 Å². The fourth-order valence-corrected chi connectivity index (χ4v) is 4.33. The van der Waals surface area contributed by atoms with Crippen molar-refractivity contribution >= 4 is 11.9 Å². The lowest BCUT2D eigenvalue weighted by Gasteiger charge is -2.20. The molecular formula is C36H46O9. The van der Waals surface area contributed by atoms with E-state index in [9.17, 15) is 14.7 Å². The van der Waals surface area contributed by atoms with Crippen LogP contribution in [0.2, 0.25) is 0 Å². The Bertz CT molecular complexity index is 1220. The van der Waals surface area contributed by atoms with E-state index in [-0.39, 0.29) is 6.61 Å². The molecule has 0 saturated carbocycles. The second-order valence-corrected chi connectivity index (χ2v) is 10.4. The normalized spacial score (nSPS) is 14.0. The van der Waals surface area contributed by atoms with Crippen molar-refractivity contribution < 1.29 is 43.5 Å². The van der Waals surface area contributed by atoms with E-state index in [0.29, 0.717) is 45.1 Å². The van der Waals surface area contributed by atoms with Crippen LogP contribution < -0.4 is 9.47 Å². The predicted molar refractivity (Wildman–Crippen MR) is 173 cm³/mol. The quantitative estimate of drug-likeness (QED) is 0.0829. The van der Waals surface area contributed by atoms with Gasteiger partial charge in [-0.25, -0.2) is 9.59 Å². The third-order valence-electron chi connectivity index (χ3n) is 6.86. The fourth-order valence-electron chi connectivity index (χ4n) is 4.33. The predicted octanol–water partition coefficient (Wildman–Crippen LogP) is 6.36. The number of hydrogen-bond donors (Lipinski definition) is 2. The zero-order valence-electron chi connectivity index (χ0n) is 26.2. The number of carbonyl (C=O) groups is 2. The Hall–Kier alpha value is -4.18. The van der Waals surface area contributed by atoms with Gasteiger partial charge < -0.3 is 33.9 Å². The molecule has 0 aliphatic carbocycles. The fraction of sp³-hybridized carbons (Fsp3) is 0.389. The van der Waals surface area contributed by atoms with Crippen molar-refractivity contribution in [2.45, 2.75) is 76.2 Å². The molecule has 9 heteroatoms. The molecule has 0 bridgehead atoms. The van der Waals surface area contributed by atoms with Gasteiger partial charge in [-0.3, -0.25) is 0 Å². The summed E-state index contributed by atoms with van der Waals surface area (Å²) in [6, 6.07) is 14.9. The molecule has 0 radical (unpaired) electrons. The van der Waals surface area contributed by atoms with E-state index in [1.807, 2.05) is 48.5 Å². The molecule has 2 aromatic rings. The van der Waals surface area contributed by atoms with Gasteiger partial charge in [-0.1, -0.05) is 36.4 Å². The first kappa shape index (κ1) is 37.0. The van der Waals surface area contributed by atoms with Crippen LogP contribution in [-0.2, 0) is 37.0 Å². The van der Waals surface area contributed by atoms with E-state index < -0.39 is 36.4 Å². The highest BCUT2D eigenvalue weighted by Crippen LogP contribution is 2.18. The number of hydrogen-bond acceptors (Lipinski definition) is 8. The van der Waals surface area contributed by atoms with Gasteiger partial charge in [0, 0.05) is 18.6 Å². The Morgan fingerprint density at radius 3 is 1.69 bits per heavy atom. The Kier molecular flexibility index (Phi) is 17.7. The second-order valence-electron chi connectivity index (χ2n) is 10.4. The van der Waals surface area contributed by atoms with Gasteiger partial charge in [0.25, 0.3) is 0 Å². The van der Waals surface area contributed by atoms with E-state index >= 15 is 0 Å². The van der Waals surface area contributed by atoms with Gasteiger partial charge in [0.05, 0.1) is 45.7 Å². The monoisotopic (exact) mass is 622 g/mol. The van der Waals surface area contributed by atoms with Crippen LogP contribution in [-0.4, -0.2) is 60.8 Å². The summed E-state index contributed by atoms with van der Waals surface area (Å²) in [4.78, 5) is 24.0. The highest BCUT2D eigenvalue weighted by molar-refractivity contribution is 5.82. The second kappa shape index (κ2) is 21.5. The molecule has 244 valence electrons. The molecule has 4 atom stereocenters. The molecule has 9 nitrogen and oxygen atoms in total. The maximum Gasteiger partial charge on any atom is 0.330 e. The minimum absolute atomic E-state index is 0.271. The minimum Gasteiger partial charge on any atom is -0.497 e. The summed E-state index contributed by atoms with van der Waals surface area (Å²) in [5, 5.41) is 19.3. The summed E-state index contributed by atoms with van der Waals surface area (Å²) in [5.74, 6) is -0.145. The van der Waals surface area contributed by atoms with Crippen LogP contribution in [0.5, 0.6) is 11.5 Å². The number of aliphatic hydroxyl groups excluding tert-OH is 1. The molecular weight excluding hydrogens is 576 g/mol. The minimum atomic E-state index is -1.08. The first-order chi connectivity index (χ1) is 21.8. The number of aliphatic hydroxyl groups is 1. The number of esters is 1. The molecule has 0 aromatic heterocycles. The number of rotatable bonds is 23. The lowest BCUT2D eigenvalue weighted by atomic mass is 10.1. The molecule has 0 aliphatic rings. The highest BCUT2D eigenvalue weighted by Gasteiger charge is 2.17. The maximum absolute atomic E-state index is 12.8. The molecule has 0 unspecified atom stereocenters. The van der Waals surface area contributed by atoms with Crippen LogP contribution in [0.15, 0.2) is 98.1 Å². The first-order valence-electron chi connectivity index (χ1n) is 14.9. The topological polar surface area (TPSA) is 121 Å². The molecule has 2 N–H and O–H groups in total. The molecule has 2 rings (SSSR count). The van der Waals surface area contributed by atoms with Crippen LogP contribution in [0.4, 0.5) is 0 Å². The van der Waals surface area contributed by atoms with E-state index in [2.05, 4.69) is 13.2 Å². The van der Waals surface area contributed by atoms with E-state index in [0.717, 1.165) is 28.7 Å². The Morgan fingerprint density at radius 1 is 0.733 bits per heavy atom. The number of benzene rings is 2. The summed E-state index contributed by atoms with van der Waals surface area (Å²) >= 11 is 0. The van der Waals surface area contributed by atoms with Gasteiger partial charge in [0.1, 0.15) is 17.6 Å². The smallest absolute Gasteiger partial charge is 0.330 e. The van der Waals surface area contributed by atoms with Gasteiger partial charge in [-0.2, -0.15) is 0 Å². The molecule has 0 aliphatic heterocycles. The average Bonchev–Trinajstić information content (AvgIpc) is 3.04. The first-order valence-corrected chi connectivity index (χ1v) is 14.9. The molecule has 0 heterocycles. The molecule has 2 aromatic carbocycles. The molecule has 0 amide bonds. The summed E-state index contributed by atoms with van der Waals surface area (Å²) in [6.07, 6.45) is 9.57. The van der Waals surface area contributed by atoms with Crippen molar-refractivity contribution in [2.24, 2.45) is 0 Å². The molecule has 45 heavy (non-hydrogen) atoms. The van der Waals surface area contributed by atoms with Crippen LogP contribution in [0.3, 0.4) is 0 Å². The van der Waals surface area contributed by atoms with E-state index in [1.54, 1.807) is 32.4 Å². The van der Waals surface area contributed by atoms with Crippen LogP contribution in [0.1, 0.15) is 49.7 Å².